The summed E-state index contributed by atoms with van der Waals surface area (Å²) >= 11 is 0. The number of hydrogen-bond acceptors (Lipinski definition) is 2. The topological polar surface area (TPSA) is 29.9 Å². The second-order valence-electron chi connectivity index (χ2n) is 4.66. The van der Waals surface area contributed by atoms with Crippen LogP contribution in [-0.2, 0) is 7.05 Å². The summed E-state index contributed by atoms with van der Waals surface area (Å²) < 4.78 is 30.8. The monoisotopic (exact) mass is 543 g/mol. The van der Waals surface area contributed by atoms with Gasteiger partial charge in [0.2, 0.25) is 0 Å². The molecule has 0 bridgehead atoms. The number of rotatable bonds is 2. The van der Waals surface area contributed by atoms with Crippen molar-refractivity contribution in [2.24, 2.45) is 7.05 Å². The zero-order valence-electron chi connectivity index (χ0n) is 12.6. The van der Waals surface area contributed by atoms with Crippen LogP contribution in [0.2, 0.25) is 0 Å². The Morgan fingerprint density at radius 2 is 1.78 bits per heavy atom. The minimum Gasteiger partial charge on any atom is -0.385 e. The van der Waals surface area contributed by atoms with E-state index in [4.69, 9.17) is 0 Å². The third-order valence-electron chi connectivity index (χ3n) is 2.95. The fourth-order valence-corrected chi connectivity index (χ4v) is 2.16. The molecule has 0 amide bonds. The van der Waals surface area contributed by atoms with Crippen LogP contribution in [0.1, 0.15) is 5.56 Å². The first-order valence-electron chi connectivity index (χ1n) is 6.45. The van der Waals surface area contributed by atoms with E-state index >= 15 is 0 Å². The van der Waals surface area contributed by atoms with Gasteiger partial charge in [0.05, 0.1) is 23.0 Å². The summed E-state index contributed by atoms with van der Waals surface area (Å²) in [6.07, 6.45) is 1.84. The van der Waals surface area contributed by atoms with Crippen LogP contribution in [0, 0.1) is 50.8 Å². The molecule has 23 heavy (non-hydrogen) atoms. The van der Waals surface area contributed by atoms with Crippen LogP contribution in [-0.4, -0.2) is 9.55 Å². The molecule has 3 rings (SSSR count). The van der Waals surface area contributed by atoms with E-state index < -0.39 is 6.68 Å². The molecule has 0 atom stereocenters. The van der Waals surface area contributed by atoms with E-state index in [0.717, 1.165) is 22.4 Å². The maximum atomic E-state index is 9.58. The molecule has 7 heteroatoms. The van der Waals surface area contributed by atoms with Gasteiger partial charge in [-0.05, 0) is 24.6 Å². The standard InChI is InChI=1S/C15H14N3.CF3.U/c1-11-8-13-15(18(2)10-16-13)14(9-11)17-12-6-4-3-5-7-12;2-1(3)4;/h4-10,17H,1-2H3;;/q2*-1;+2. The molecule has 3 aromatic rings. The van der Waals surface area contributed by atoms with Crippen molar-refractivity contribution >= 4 is 22.4 Å². The molecule has 0 aliphatic heterocycles. The normalized spacial score (nSPS) is 10.0. The Kier molecular flexibility index (Phi) is 7.67. The van der Waals surface area contributed by atoms with Crippen LogP contribution >= 0.6 is 0 Å². The molecule has 0 unspecified atom stereocenters. The number of anilines is 2. The Bertz CT molecular complexity index is 742. The van der Waals surface area contributed by atoms with Crippen LogP contribution in [0.4, 0.5) is 24.5 Å². The minimum absolute atomic E-state index is 0. The quantitative estimate of drug-likeness (QED) is 0.473. The molecule has 0 aliphatic rings. The summed E-state index contributed by atoms with van der Waals surface area (Å²) in [7, 11) is 2.01. The number of aryl methyl sites for hydroxylation is 2. The second-order valence-corrected chi connectivity index (χ2v) is 4.66. The van der Waals surface area contributed by atoms with Crippen LogP contribution in [0.15, 0.2) is 42.7 Å². The fraction of sp³-hybridized carbons (Fsp3) is 0.125. The van der Waals surface area contributed by atoms with Crippen molar-refractivity contribution in [3.8, 4) is 0 Å². The number of nitrogens with one attached hydrogen (secondary N) is 1. The van der Waals surface area contributed by atoms with Gasteiger partial charge >= 0.3 is 31.1 Å². The molecule has 0 saturated carbocycles. The number of fused-ring (bicyclic) bond motifs is 1. The van der Waals surface area contributed by atoms with E-state index in [1.54, 1.807) is 0 Å². The van der Waals surface area contributed by atoms with Gasteiger partial charge in [-0.3, -0.25) is 0 Å². The second kappa shape index (κ2) is 9.00. The van der Waals surface area contributed by atoms with Crippen LogP contribution in [0.3, 0.4) is 0 Å². The SMILES string of the molecule is Cc1cc(Nc2cc[c-]cc2)c2c(c1)ncn2C.F[C-](F)F.[U+2]. The van der Waals surface area contributed by atoms with Gasteiger partial charge in [-0.25, -0.2) is 4.98 Å². The third-order valence-corrected chi connectivity index (χ3v) is 2.95. The van der Waals surface area contributed by atoms with Gasteiger partial charge in [-0.2, -0.15) is 18.2 Å². The van der Waals surface area contributed by atoms with E-state index in [9.17, 15) is 13.2 Å². The summed E-state index contributed by atoms with van der Waals surface area (Å²) in [5.74, 6) is 0. The predicted octanol–water partition coefficient (Wildman–Crippen LogP) is 4.77. The van der Waals surface area contributed by atoms with Crippen molar-refractivity contribution in [1.82, 2.24) is 9.55 Å². The molecule has 2 aromatic carbocycles. The predicted molar refractivity (Wildman–Crippen MR) is 80.6 cm³/mol. The first-order chi connectivity index (χ1) is 10.5. The van der Waals surface area contributed by atoms with Gasteiger partial charge in [-0.1, -0.05) is 5.69 Å². The van der Waals surface area contributed by atoms with Crippen molar-refractivity contribution < 1.29 is 44.3 Å². The third kappa shape index (κ3) is 5.60. The molecule has 0 aliphatic carbocycles. The Hall–Kier alpha value is -1.45. The van der Waals surface area contributed by atoms with Crippen molar-refractivity contribution in [2.45, 2.75) is 6.92 Å². The number of benzene rings is 2. The molecular weight excluding hydrogens is 529 g/mol. The molecule has 118 valence electrons. The van der Waals surface area contributed by atoms with E-state index in [1.165, 1.54) is 5.56 Å². The number of nitrogens with zero attached hydrogens (tertiary/aromatic N) is 2. The zero-order valence-corrected chi connectivity index (χ0v) is 16.7. The first kappa shape index (κ1) is 19.6. The molecular formula is C16H14F3N3U. The number of hydrogen-bond donors (Lipinski definition) is 1. The van der Waals surface area contributed by atoms with Gasteiger partial charge in [0, 0.05) is 7.05 Å². The van der Waals surface area contributed by atoms with Crippen LogP contribution < -0.4 is 5.32 Å². The Balaban J connectivity index is 0.000000478. The minimum atomic E-state index is -3.08. The number of imidazole rings is 1. The maximum absolute atomic E-state index is 9.58. The van der Waals surface area contributed by atoms with Crippen molar-refractivity contribution in [3.63, 3.8) is 0 Å². The zero-order chi connectivity index (χ0) is 16.1. The summed E-state index contributed by atoms with van der Waals surface area (Å²) in [6, 6.07) is 15.1. The molecule has 1 heterocycles. The summed E-state index contributed by atoms with van der Waals surface area (Å²) in [5, 5.41) is 3.43. The smallest absolute Gasteiger partial charge is 0.385 e. The molecule has 3 nitrogen and oxygen atoms in total. The van der Waals surface area contributed by atoms with Crippen molar-refractivity contribution in [1.29, 1.82) is 0 Å². The molecule has 0 spiro atoms. The van der Waals surface area contributed by atoms with Crippen molar-refractivity contribution in [3.05, 3.63) is 61.0 Å². The van der Waals surface area contributed by atoms with E-state index in [2.05, 4.69) is 35.4 Å². The maximum Gasteiger partial charge on any atom is 2.00 e. The van der Waals surface area contributed by atoms with Gasteiger partial charge < -0.3 is 23.1 Å². The summed E-state index contributed by atoms with van der Waals surface area (Å²) in [5.41, 5.74) is 5.47. The Labute approximate surface area is 156 Å². The van der Waals surface area contributed by atoms with E-state index in [-0.39, 0.29) is 31.1 Å². The largest absolute Gasteiger partial charge is 2.00 e. The van der Waals surface area contributed by atoms with E-state index in [1.807, 2.05) is 42.2 Å². The summed E-state index contributed by atoms with van der Waals surface area (Å²) in [4.78, 5) is 4.40. The molecule has 1 N–H and O–H groups in total. The van der Waals surface area contributed by atoms with Gasteiger partial charge in [0.1, 0.15) is 0 Å². The number of aromatic nitrogens is 2. The first-order valence-corrected chi connectivity index (χ1v) is 6.45. The Morgan fingerprint density at radius 1 is 1.17 bits per heavy atom. The average molecular weight is 543 g/mol. The number of halogens is 3. The van der Waals surface area contributed by atoms with Gasteiger partial charge in [0.15, 0.2) is 6.68 Å². The Morgan fingerprint density at radius 3 is 2.39 bits per heavy atom. The molecule has 0 radical (unpaired) electrons. The van der Waals surface area contributed by atoms with E-state index in [0.29, 0.717) is 0 Å². The molecule has 0 saturated heterocycles. The van der Waals surface area contributed by atoms with Gasteiger partial charge in [-0.15, -0.1) is 12.1 Å². The molecule has 0 fully saturated rings. The van der Waals surface area contributed by atoms with Crippen LogP contribution in [0.5, 0.6) is 0 Å². The average Bonchev–Trinajstić information content (AvgIpc) is 2.80. The fourth-order valence-electron chi connectivity index (χ4n) is 2.16. The molecule has 1 aromatic heterocycles. The van der Waals surface area contributed by atoms with Crippen LogP contribution in [0.25, 0.3) is 11.0 Å². The summed E-state index contributed by atoms with van der Waals surface area (Å²) in [6.45, 7) is -1.00. The van der Waals surface area contributed by atoms with Gasteiger partial charge in [0.25, 0.3) is 0 Å². The van der Waals surface area contributed by atoms with Crippen molar-refractivity contribution in [2.75, 3.05) is 5.32 Å².